The monoisotopic (exact) mass is 252 g/mol. The molecule has 1 aromatic carbocycles. The van der Waals surface area contributed by atoms with Gasteiger partial charge in [0.25, 0.3) is 0 Å². The van der Waals surface area contributed by atoms with E-state index in [9.17, 15) is 0 Å². The molecule has 0 amide bonds. The summed E-state index contributed by atoms with van der Waals surface area (Å²) in [6, 6.07) is 9.40. The molecule has 4 heteroatoms. The van der Waals surface area contributed by atoms with Crippen molar-refractivity contribution in [1.29, 1.82) is 0 Å². The maximum Gasteiger partial charge on any atom is 0.0703 e. The van der Waals surface area contributed by atoms with E-state index in [1.807, 2.05) is 31.2 Å². The molecule has 0 saturated carbocycles. The number of benzene rings is 1. The summed E-state index contributed by atoms with van der Waals surface area (Å²) in [5.41, 5.74) is 1.85. The van der Waals surface area contributed by atoms with E-state index in [-0.39, 0.29) is 5.92 Å². The van der Waals surface area contributed by atoms with Crippen LogP contribution in [0.2, 0.25) is 10.0 Å². The van der Waals surface area contributed by atoms with Gasteiger partial charge in [-0.1, -0.05) is 42.3 Å². The predicted molar refractivity (Wildman–Crippen MR) is 66.0 cm³/mol. The van der Waals surface area contributed by atoms with Crippen LogP contribution in [0, 0.1) is 0 Å². The highest BCUT2D eigenvalue weighted by Gasteiger charge is 2.14. The van der Waals surface area contributed by atoms with Gasteiger partial charge in [-0.25, -0.2) is 0 Å². The van der Waals surface area contributed by atoms with Crippen LogP contribution in [0.3, 0.4) is 0 Å². The molecule has 1 unspecified atom stereocenters. The third kappa shape index (κ3) is 2.18. The van der Waals surface area contributed by atoms with Crippen LogP contribution in [0.15, 0.2) is 36.5 Å². The summed E-state index contributed by atoms with van der Waals surface area (Å²) in [5, 5.41) is 9.08. The number of rotatable bonds is 2. The van der Waals surface area contributed by atoms with Gasteiger partial charge in [-0.2, -0.15) is 10.2 Å². The SMILES string of the molecule is CC(c1cccnn1)c1cccc(Cl)c1Cl. The Morgan fingerprint density at radius 1 is 1.12 bits per heavy atom. The van der Waals surface area contributed by atoms with Gasteiger partial charge in [0.05, 0.1) is 15.7 Å². The summed E-state index contributed by atoms with van der Waals surface area (Å²) < 4.78 is 0. The molecule has 1 aromatic heterocycles. The second-order valence-corrected chi connectivity index (χ2v) is 4.30. The van der Waals surface area contributed by atoms with Crippen molar-refractivity contribution >= 4 is 23.2 Å². The topological polar surface area (TPSA) is 25.8 Å². The zero-order valence-corrected chi connectivity index (χ0v) is 10.2. The maximum absolute atomic E-state index is 6.16. The quantitative estimate of drug-likeness (QED) is 0.810. The summed E-state index contributed by atoms with van der Waals surface area (Å²) >= 11 is 12.1. The Morgan fingerprint density at radius 3 is 2.62 bits per heavy atom. The Labute approximate surface area is 104 Å². The lowest BCUT2D eigenvalue weighted by Gasteiger charge is -2.12. The number of nitrogens with zero attached hydrogens (tertiary/aromatic N) is 2. The average molecular weight is 253 g/mol. The molecule has 0 saturated heterocycles. The zero-order chi connectivity index (χ0) is 11.5. The second kappa shape index (κ2) is 4.81. The first kappa shape index (κ1) is 11.4. The van der Waals surface area contributed by atoms with Crippen molar-refractivity contribution in [3.05, 3.63) is 57.8 Å². The number of hydrogen-bond acceptors (Lipinski definition) is 2. The first-order chi connectivity index (χ1) is 7.70. The molecule has 16 heavy (non-hydrogen) atoms. The molecular weight excluding hydrogens is 243 g/mol. The van der Waals surface area contributed by atoms with Crippen LogP contribution >= 0.6 is 23.2 Å². The lowest BCUT2D eigenvalue weighted by atomic mass is 9.97. The van der Waals surface area contributed by atoms with Crippen molar-refractivity contribution in [2.75, 3.05) is 0 Å². The standard InChI is InChI=1S/C12H10Cl2N2/c1-8(11-6-3-7-15-16-11)9-4-2-5-10(13)12(9)14/h2-8H,1H3. The van der Waals surface area contributed by atoms with Crippen molar-refractivity contribution in [1.82, 2.24) is 10.2 Å². The fraction of sp³-hybridized carbons (Fsp3) is 0.167. The maximum atomic E-state index is 6.16. The highest BCUT2D eigenvalue weighted by molar-refractivity contribution is 6.42. The van der Waals surface area contributed by atoms with Crippen LogP contribution in [-0.4, -0.2) is 10.2 Å². The fourth-order valence-corrected chi connectivity index (χ4v) is 2.03. The molecule has 2 rings (SSSR count). The summed E-state index contributed by atoms with van der Waals surface area (Å²) in [6.07, 6.45) is 1.65. The van der Waals surface area contributed by atoms with E-state index >= 15 is 0 Å². The number of halogens is 2. The minimum Gasteiger partial charge on any atom is -0.159 e. The van der Waals surface area contributed by atoms with Gasteiger partial charge in [-0.3, -0.25) is 0 Å². The van der Waals surface area contributed by atoms with E-state index in [4.69, 9.17) is 23.2 Å². The molecule has 0 N–H and O–H groups in total. The lowest BCUT2D eigenvalue weighted by Crippen LogP contribution is -2.00. The number of hydrogen-bond donors (Lipinski definition) is 0. The second-order valence-electron chi connectivity index (χ2n) is 3.51. The minimum absolute atomic E-state index is 0.0832. The lowest BCUT2D eigenvalue weighted by molar-refractivity contribution is 0.823. The summed E-state index contributed by atoms with van der Waals surface area (Å²) in [5.74, 6) is 0.0832. The highest BCUT2D eigenvalue weighted by atomic mass is 35.5. The third-order valence-electron chi connectivity index (χ3n) is 2.48. The van der Waals surface area contributed by atoms with Crippen LogP contribution in [0.4, 0.5) is 0 Å². The first-order valence-corrected chi connectivity index (χ1v) is 5.67. The van der Waals surface area contributed by atoms with E-state index in [1.54, 1.807) is 12.3 Å². The molecular formula is C12H10Cl2N2. The van der Waals surface area contributed by atoms with E-state index in [0.29, 0.717) is 10.0 Å². The Bertz CT molecular complexity index is 486. The molecule has 0 aliphatic heterocycles. The van der Waals surface area contributed by atoms with Crippen LogP contribution in [0.1, 0.15) is 24.1 Å². The molecule has 0 aliphatic rings. The van der Waals surface area contributed by atoms with E-state index in [0.717, 1.165) is 11.3 Å². The molecule has 2 aromatic rings. The van der Waals surface area contributed by atoms with E-state index in [2.05, 4.69) is 10.2 Å². The molecule has 0 spiro atoms. The van der Waals surface area contributed by atoms with Gasteiger partial charge < -0.3 is 0 Å². The van der Waals surface area contributed by atoms with Crippen molar-refractivity contribution in [2.45, 2.75) is 12.8 Å². The fourth-order valence-electron chi connectivity index (χ4n) is 1.56. The van der Waals surface area contributed by atoms with Crippen molar-refractivity contribution in [3.8, 4) is 0 Å². The van der Waals surface area contributed by atoms with Crippen molar-refractivity contribution < 1.29 is 0 Å². The zero-order valence-electron chi connectivity index (χ0n) is 8.69. The largest absolute Gasteiger partial charge is 0.159 e. The molecule has 0 aliphatic carbocycles. The van der Waals surface area contributed by atoms with Gasteiger partial charge in [0.1, 0.15) is 0 Å². The van der Waals surface area contributed by atoms with Gasteiger partial charge >= 0.3 is 0 Å². The van der Waals surface area contributed by atoms with Crippen LogP contribution < -0.4 is 0 Å². The molecule has 1 heterocycles. The molecule has 1 atom stereocenters. The van der Waals surface area contributed by atoms with Gasteiger partial charge in [0, 0.05) is 12.1 Å². The van der Waals surface area contributed by atoms with E-state index < -0.39 is 0 Å². The summed E-state index contributed by atoms with van der Waals surface area (Å²) in [4.78, 5) is 0. The van der Waals surface area contributed by atoms with Crippen molar-refractivity contribution in [3.63, 3.8) is 0 Å². The average Bonchev–Trinajstić information content (AvgIpc) is 2.33. The molecule has 0 bridgehead atoms. The summed E-state index contributed by atoms with van der Waals surface area (Å²) in [7, 11) is 0. The van der Waals surface area contributed by atoms with Gasteiger partial charge in [0.15, 0.2) is 0 Å². The highest BCUT2D eigenvalue weighted by Crippen LogP contribution is 2.33. The smallest absolute Gasteiger partial charge is 0.0703 e. The van der Waals surface area contributed by atoms with Crippen molar-refractivity contribution in [2.24, 2.45) is 0 Å². The van der Waals surface area contributed by atoms with E-state index in [1.165, 1.54) is 0 Å². The Balaban J connectivity index is 2.42. The Morgan fingerprint density at radius 2 is 1.94 bits per heavy atom. The van der Waals surface area contributed by atoms with Crippen LogP contribution in [-0.2, 0) is 0 Å². The van der Waals surface area contributed by atoms with Gasteiger partial charge in [-0.05, 0) is 23.8 Å². The molecule has 2 nitrogen and oxygen atoms in total. The first-order valence-electron chi connectivity index (χ1n) is 4.91. The van der Waals surface area contributed by atoms with Crippen LogP contribution in [0.25, 0.3) is 0 Å². The van der Waals surface area contributed by atoms with Crippen LogP contribution in [0.5, 0.6) is 0 Å². The number of aromatic nitrogens is 2. The van der Waals surface area contributed by atoms with Gasteiger partial charge in [0.2, 0.25) is 0 Å². The minimum atomic E-state index is 0.0832. The third-order valence-corrected chi connectivity index (χ3v) is 3.32. The Kier molecular flexibility index (Phi) is 3.42. The normalized spacial score (nSPS) is 12.4. The molecule has 0 fully saturated rings. The molecule has 0 radical (unpaired) electrons. The van der Waals surface area contributed by atoms with Gasteiger partial charge in [-0.15, -0.1) is 0 Å². The Hall–Kier alpha value is -1.12. The predicted octanol–water partition coefficient (Wildman–Crippen LogP) is 3.94. The summed E-state index contributed by atoms with van der Waals surface area (Å²) in [6.45, 7) is 2.03. The molecule has 82 valence electrons.